The molecule has 0 aliphatic rings. The Morgan fingerprint density at radius 3 is 2.38 bits per heavy atom. The van der Waals surface area contributed by atoms with Gasteiger partial charge in [0.1, 0.15) is 6.04 Å². The SMILES string of the molecule is CCNC(=O)[C@@H](C)N(Cc1cccc(C)c1)C(=O)CCc1ccccc1. The molecule has 0 heterocycles. The first-order valence-electron chi connectivity index (χ1n) is 9.18. The summed E-state index contributed by atoms with van der Waals surface area (Å²) in [7, 11) is 0. The van der Waals surface area contributed by atoms with E-state index in [0.29, 0.717) is 25.9 Å². The molecule has 0 aromatic heterocycles. The lowest BCUT2D eigenvalue weighted by atomic mass is 10.1. The number of rotatable bonds is 8. The third-order valence-corrected chi connectivity index (χ3v) is 4.42. The number of nitrogens with one attached hydrogen (secondary N) is 1. The predicted molar refractivity (Wildman–Crippen MR) is 105 cm³/mol. The van der Waals surface area contributed by atoms with Crippen molar-refractivity contribution in [3.8, 4) is 0 Å². The van der Waals surface area contributed by atoms with Gasteiger partial charge in [0.05, 0.1) is 0 Å². The molecule has 1 N–H and O–H groups in total. The Morgan fingerprint density at radius 1 is 1.04 bits per heavy atom. The van der Waals surface area contributed by atoms with Gasteiger partial charge < -0.3 is 10.2 Å². The lowest BCUT2D eigenvalue weighted by Crippen LogP contribution is -2.47. The summed E-state index contributed by atoms with van der Waals surface area (Å²) in [6.45, 7) is 6.69. The van der Waals surface area contributed by atoms with Gasteiger partial charge in [-0.2, -0.15) is 0 Å². The number of aryl methyl sites for hydroxylation is 2. The van der Waals surface area contributed by atoms with Crippen LogP contribution in [0.5, 0.6) is 0 Å². The molecule has 0 fully saturated rings. The topological polar surface area (TPSA) is 49.4 Å². The Morgan fingerprint density at radius 2 is 1.73 bits per heavy atom. The van der Waals surface area contributed by atoms with Gasteiger partial charge in [-0.25, -0.2) is 0 Å². The van der Waals surface area contributed by atoms with E-state index in [2.05, 4.69) is 11.4 Å². The van der Waals surface area contributed by atoms with Gasteiger partial charge in [-0.1, -0.05) is 60.2 Å². The number of nitrogens with zero attached hydrogens (tertiary/aromatic N) is 1. The summed E-state index contributed by atoms with van der Waals surface area (Å²) in [6.07, 6.45) is 1.06. The van der Waals surface area contributed by atoms with Crippen molar-refractivity contribution in [2.45, 2.75) is 46.2 Å². The average molecular weight is 352 g/mol. The standard InChI is InChI=1S/C22H28N2O2/c1-4-23-22(26)18(3)24(16-20-12-8-9-17(2)15-20)21(25)14-13-19-10-6-5-7-11-19/h5-12,15,18H,4,13-14,16H2,1-3H3,(H,23,26)/t18-/m1/s1. The quantitative estimate of drug-likeness (QED) is 0.791. The summed E-state index contributed by atoms with van der Waals surface area (Å²) >= 11 is 0. The minimum absolute atomic E-state index is 0.00545. The summed E-state index contributed by atoms with van der Waals surface area (Å²) in [4.78, 5) is 26.9. The molecule has 0 aliphatic heterocycles. The maximum Gasteiger partial charge on any atom is 0.242 e. The lowest BCUT2D eigenvalue weighted by Gasteiger charge is -2.29. The smallest absolute Gasteiger partial charge is 0.242 e. The third-order valence-electron chi connectivity index (χ3n) is 4.42. The van der Waals surface area contributed by atoms with E-state index in [1.165, 1.54) is 0 Å². The first-order chi connectivity index (χ1) is 12.5. The summed E-state index contributed by atoms with van der Waals surface area (Å²) in [6, 6.07) is 17.5. The molecule has 2 rings (SSSR count). The number of amides is 2. The van der Waals surface area contributed by atoms with E-state index in [1.807, 2.05) is 62.4 Å². The average Bonchev–Trinajstić information content (AvgIpc) is 2.64. The fraction of sp³-hybridized carbons (Fsp3) is 0.364. The molecule has 2 amide bonds. The van der Waals surface area contributed by atoms with Crippen LogP contribution in [0.1, 0.15) is 37.0 Å². The van der Waals surface area contributed by atoms with E-state index in [9.17, 15) is 9.59 Å². The zero-order valence-electron chi connectivity index (χ0n) is 15.9. The van der Waals surface area contributed by atoms with Crippen LogP contribution >= 0.6 is 0 Å². The van der Waals surface area contributed by atoms with E-state index < -0.39 is 6.04 Å². The molecule has 0 spiro atoms. The maximum absolute atomic E-state index is 12.9. The minimum Gasteiger partial charge on any atom is -0.355 e. The highest BCUT2D eigenvalue weighted by Crippen LogP contribution is 2.14. The molecule has 0 saturated carbocycles. The van der Waals surface area contributed by atoms with Gasteiger partial charge in [0.25, 0.3) is 0 Å². The molecule has 2 aromatic rings. The Kier molecular flexibility index (Phi) is 7.39. The number of hydrogen-bond acceptors (Lipinski definition) is 2. The summed E-state index contributed by atoms with van der Waals surface area (Å²) in [5, 5.41) is 2.82. The molecule has 0 radical (unpaired) electrons. The predicted octanol–water partition coefficient (Wildman–Crippen LogP) is 3.48. The van der Waals surface area contributed by atoms with Gasteiger partial charge in [-0.15, -0.1) is 0 Å². The normalized spacial score (nSPS) is 11.7. The van der Waals surface area contributed by atoms with Gasteiger partial charge in [0.15, 0.2) is 0 Å². The molecule has 0 unspecified atom stereocenters. The van der Waals surface area contributed by atoms with Gasteiger partial charge >= 0.3 is 0 Å². The van der Waals surface area contributed by atoms with Crippen molar-refractivity contribution in [2.75, 3.05) is 6.54 Å². The maximum atomic E-state index is 12.9. The third kappa shape index (κ3) is 5.73. The van der Waals surface area contributed by atoms with Crippen molar-refractivity contribution in [1.82, 2.24) is 10.2 Å². The van der Waals surface area contributed by atoms with Crippen LogP contribution < -0.4 is 5.32 Å². The Balaban J connectivity index is 2.12. The van der Waals surface area contributed by atoms with Gasteiger partial charge in [-0.05, 0) is 38.3 Å². The van der Waals surface area contributed by atoms with Crippen LogP contribution in [0.2, 0.25) is 0 Å². The van der Waals surface area contributed by atoms with Gasteiger partial charge in [0, 0.05) is 19.5 Å². The molecule has 0 bridgehead atoms. The molecule has 0 aliphatic carbocycles. The second-order valence-electron chi connectivity index (χ2n) is 6.57. The van der Waals surface area contributed by atoms with Crippen molar-refractivity contribution >= 4 is 11.8 Å². The molecular formula is C22H28N2O2. The fourth-order valence-electron chi connectivity index (χ4n) is 2.95. The Labute approximate surface area is 156 Å². The molecule has 26 heavy (non-hydrogen) atoms. The molecular weight excluding hydrogens is 324 g/mol. The van der Waals surface area contributed by atoms with Crippen molar-refractivity contribution in [1.29, 1.82) is 0 Å². The van der Waals surface area contributed by atoms with Crippen molar-refractivity contribution in [2.24, 2.45) is 0 Å². The van der Waals surface area contributed by atoms with Crippen LogP contribution in [0.25, 0.3) is 0 Å². The minimum atomic E-state index is -0.501. The summed E-state index contributed by atoms with van der Waals surface area (Å²) in [5.41, 5.74) is 3.31. The van der Waals surface area contributed by atoms with Crippen LogP contribution in [0.3, 0.4) is 0 Å². The monoisotopic (exact) mass is 352 g/mol. The molecule has 4 nitrogen and oxygen atoms in total. The highest BCUT2D eigenvalue weighted by molar-refractivity contribution is 5.87. The van der Waals surface area contributed by atoms with Crippen molar-refractivity contribution < 1.29 is 9.59 Å². The molecule has 2 aromatic carbocycles. The summed E-state index contributed by atoms with van der Waals surface area (Å²) in [5.74, 6) is -0.123. The number of likely N-dealkylation sites (N-methyl/N-ethyl adjacent to an activating group) is 1. The second-order valence-corrected chi connectivity index (χ2v) is 6.57. The molecule has 1 atom stereocenters. The Bertz CT molecular complexity index is 728. The highest BCUT2D eigenvalue weighted by atomic mass is 16.2. The van der Waals surface area contributed by atoms with Crippen LogP contribution in [0, 0.1) is 6.92 Å². The number of carbonyl (C=O) groups is 2. The van der Waals surface area contributed by atoms with Gasteiger partial charge in [0.2, 0.25) is 11.8 Å². The highest BCUT2D eigenvalue weighted by Gasteiger charge is 2.25. The van der Waals surface area contributed by atoms with Crippen LogP contribution in [-0.4, -0.2) is 29.3 Å². The van der Waals surface area contributed by atoms with Crippen LogP contribution in [0.15, 0.2) is 54.6 Å². The van der Waals surface area contributed by atoms with Crippen LogP contribution in [0.4, 0.5) is 0 Å². The van der Waals surface area contributed by atoms with E-state index in [-0.39, 0.29) is 11.8 Å². The molecule has 138 valence electrons. The first kappa shape index (κ1) is 19.7. The number of benzene rings is 2. The van der Waals surface area contributed by atoms with Gasteiger partial charge in [-0.3, -0.25) is 9.59 Å². The summed E-state index contributed by atoms with van der Waals surface area (Å²) < 4.78 is 0. The fourth-order valence-corrected chi connectivity index (χ4v) is 2.95. The largest absolute Gasteiger partial charge is 0.355 e. The number of carbonyl (C=O) groups excluding carboxylic acids is 2. The van der Waals surface area contributed by atoms with Crippen LogP contribution in [-0.2, 0) is 22.6 Å². The second kappa shape index (κ2) is 9.76. The molecule has 0 saturated heterocycles. The van der Waals surface area contributed by atoms with E-state index in [0.717, 1.165) is 16.7 Å². The first-order valence-corrected chi connectivity index (χ1v) is 9.18. The zero-order chi connectivity index (χ0) is 18.9. The van der Waals surface area contributed by atoms with Crippen molar-refractivity contribution in [3.05, 3.63) is 71.3 Å². The Hall–Kier alpha value is -2.62. The van der Waals surface area contributed by atoms with Crippen molar-refractivity contribution in [3.63, 3.8) is 0 Å². The number of hydrogen-bond donors (Lipinski definition) is 1. The molecule has 4 heteroatoms. The zero-order valence-corrected chi connectivity index (χ0v) is 15.9. The van der Waals surface area contributed by atoms with E-state index in [4.69, 9.17) is 0 Å². The van der Waals surface area contributed by atoms with E-state index >= 15 is 0 Å². The van der Waals surface area contributed by atoms with E-state index in [1.54, 1.807) is 11.8 Å². The lowest BCUT2D eigenvalue weighted by molar-refractivity contribution is -0.140.